The quantitative estimate of drug-likeness (QED) is 0.698. The van der Waals surface area contributed by atoms with Gasteiger partial charge in [0.2, 0.25) is 10.0 Å². The van der Waals surface area contributed by atoms with Crippen molar-refractivity contribution >= 4 is 16.0 Å². The van der Waals surface area contributed by atoms with E-state index in [0.29, 0.717) is 0 Å². The minimum atomic E-state index is -3.81. The van der Waals surface area contributed by atoms with E-state index >= 15 is 0 Å². The van der Waals surface area contributed by atoms with Gasteiger partial charge in [-0.3, -0.25) is 4.79 Å². The van der Waals surface area contributed by atoms with Gasteiger partial charge in [-0.2, -0.15) is 9.57 Å². The van der Waals surface area contributed by atoms with Gasteiger partial charge in [-0.15, -0.1) is 0 Å². The van der Waals surface area contributed by atoms with Crippen molar-refractivity contribution in [2.24, 2.45) is 0 Å². The van der Waals surface area contributed by atoms with Crippen LogP contribution in [-0.4, -0.2) is 37.6 Å². The Hall–Kier alpha value is -1.91. The van der Waals surface area contributed by atoms with E-state index in [2.05, 4.69) is 0 Å². The molecular formula is C13H16N2O4S. The Morgan fingerprint density at radius 2 is 2.00 bits per heavy atom. The zero-order chi connectivity index (χ0) is 15.0. The average Bonchev–Trinajstić information content (AvgIpc) is 2.39. The van der Waals surface area contributed by atoms with Crippen LogP contribution in [0.15, 0.2) is 30.3 Å². The number of carbonyl (C=O) groups excluding carboxylic acids is 1. The fourth-order valence-corrected chi connectivity index (χ4v) is 2.56. The van der Waals surface area contributed by atoms with Crippen LogP contribution in [0.1, 0.15) is 12.5 Å². The molecule has 20 heavy (non-hydrogen) atoms. The summed E-state index contributed by atoms with van der Waals surface area (Å²) in [6.45, 7) is 1.45. The first-order chi connectivity index (χ1) is 9.49. The average molecular weight is 296 g/mol. The van der Waals surface area contributed by atoms with E-state index in [9.17, 15) is 13.2 Å². The molecule has 0 aliphatic heterocycles. The van der Waals surface area contributed by atoms with Crippen molar-refractivity contribution in [2.45, 2.75) is 13.5 Å². The predicted molar refractivity (Wildman–Crippen MR) is 72.9 cm³/mol. The second kappa shape index (κ2) is 7.62. The Labute approximate surface area is 118 Å². The van der Waals surface area contributed by atoms with Crippen molar-refractivity contribution in [3.05, 3.63) is 35.9 Å². The molecule has 1 rings (SSSR count). The SMILES string of the molecule is CCOC(=O)CN(Cc1ccccc1)S(=O)(=O)CC#N. The van der Waals surface area contributed by atoms with Gasteiger partial charge in [-0.05, 0) is 12.5 Å². The van der Waals surface area contributed by atoms with Gasteiger partial charge in [0, 0.05) is 6.54 Å². The molecule has 0 radical (unpaired) electrons. The minimum Gasteiger partial charge on any atom is -0.465 e. The summed E-state index contributed by atoms with van der Waals surface area (Å²) in [4.78, 5) is 11.5. The van der Waals surface area contributed by atoms with Crippen LogP contribution in [-0.2, 0) is 26.1 Å². The first kappa shape index (κ1) is 16.1. The Morgan fingerprint density at radius 1 is 1.35 bits per heavy atom. The highest BCUT2D eigenvalue weighted by Gasteiger charge is 2.25. The van der Waals surface area contributed by atoms with E-state index in [1.807, 2.05) is 6.07 Å². The third-order valence-electron chi connectivity index (χ3n) is 2.45. The van der Waals surface area contributed by atoms with E-state index in [1.54, 1.807) is 37.3 Å². The van der Waals surface area contributed by atoms with Crippen LogP contribution in [0.5, 0.6) is 0 Å². The molecule has 0 N–H and O–H groups in total. The number of hydrogen-bond acceptors (Lipinski definition) is 5. The van der Waals surface area contributed by atoms with Gasteiger partial charge in [0.15, 0.2) is 5.75 Å². The van der Waals surface area contributed by atoms with Crippen LogP contribution in [0.25, 0.3) is 0 Å². The van der Waals surface area contributed by atoms with Gasteiger partial charge in [0.05, 0.1) is 12.7 Å². The number of hydrogen-bond donors (Lipinski definition) is 0. The molecule has 0 amide bonds. The van der Waals surface area contributed by atoms with E-state index in [4.69, 9.17) is 10.00 Å². The molecule has 108 valence electrons. The first-order valence-electron chi connectivity index (χ1n) is 6.04. The third kappa shape index (κ3) is 4.99. The summed E-state index contributed by atoms with van der Waals surface area (Å²) in [5, 5.41) is 8.58. The van der Waals surface area contributed by atoms with Gasteiger partial charge < -0.3 is 4.74 Å². The largest absolute Gasteiger partial charge is 0.465 e. The molecule has 0 saturated carbocycles. The first-order valence-corrected chi connectivity index (χ1v) is 7.65. The minimum absolute atomic E-state index is 0.0314. The maximum atomic E-state index is 12.0. The van der Waals surface area contributed by atoms with Crippen molar-refractivity contribution in [1.82, 2.24) is 4.31 Å². The van der Waals surface area contributed by atoms with Gasteiger partial charge in [0.25, 0.3) is 0 Å². The fourth-order valence-electron chi connectivity index (χ4n) is 1.56. The van der Waals surface area contributed by atoms with E-state index in [1.165, 1.54) is 0 Å². The van der Waals surface area contributed by atoms with Crippen molar-refractivity contribution in [3.8, 4) is 6.07 Å². The highest BCUT2D eigenvalue weighted by molar-refractivity contribution is 7.89. The molecule has 1 aromatic rings. The summed E-state index contributed by atoms with van der Waals surface area (Å²) < 4.78 is 29.7. The lowest BCUT2D eigenvalue weighted by Gasteiger charge is -2.19. The molecule has 0 heterocycles. The van der Waals surface area contributed by atoms with Crippen LogP contribution in [0.2, 0.25) is 0 Å². The second-order valence-electron chi connectivity index (χ2n) is 3.97. The van der Waals surface area contributed by atoms with E-state index in [-0.39, 0.29) is 13.2 Å². The highest BCUT2D eigenvalue weighted by atomic mass is 32.2. The van der Waals surface area contributed by atoms with Gasteiger partial charge >= 0.3 is 5.97 Å². The number of rotatable bonds is 7. The number of sulfonamides is 1. The Morgan fingerprint density at radius 3 is 2.55 bits per heavy atom. The fraction of sp³-hybridized carbons (Fsp3) is 0.385. The van der Waals surface area contributed by atoms with Crippen molar-refractivity contribution in [3.63, 3.8) is 0 Å². The molecule has 0 fully saturated rings. The molecule has 6 nitrogen and oxygen atoms in total. The normalized spacial score (nSPS) is 11.1. The van der Waals surface area contributed by atoms with Crippen molar-refractivity contribution < 1.29 is 17.9 Å². The zero-order valence-corrected chi connectivity index (χ0v) is 12.0. The van der Waals surface area contributed by atoms with E-state index < -0.39 is 28.3 Å². The van der Waals surface area contributed by atoms with Crippen molar-refractivity contribution in [2.75, 3.05) is 18.9 Å². The summed E-state index contributed by atoms with van der Waals surface area (Å²) in [5.74, 6) is -1.30. The van der Waals surface area contributed by atoms with Crippen LogP contribution >= 0.6 is 0 Å². The lowest BCUT2D eigenvalue weighted by molar-refractivity contribution is -0.143. The van der Waals surface area contributed by atoms with Gasteiger partial charge in [-0.25, -0.2) is 8.42 Å². The molecule has 0 saturated heterocycles. The van der Waals surface area contributed by atoms with Gasteiger partial charge in [0.1, 0.15) is 6.54 Å². The highest BCUT2D eigenvalue weighted by Crippen LogP contribution is 2.10. The lowest BCUT2D eigenvalue weighted by atomic mass is 10.2. The van der Waals surface area contributed by atoms with Crippen LogP contribution in [0.4, 0.5) is 0 Å². The molecular weight excluding hydrogens is 280 g/mol. The Bertz CT molecular complexity index is 578. The lowest BCUT2D eigenvalue weighted by Crippen LogP contribution is -2.37. The Balaban J connectivity index is 2.90. The predicted octanol–water partition coefficient (Wildman–Crippen LogP) is 0.905. The zero-order valence-electron chi connectivity index (χ0n) is 11.2. The maximum absolute atomic E-state index is 12.0. The molecule has 0 atom stereocenters. The van der Waals surface area contributed by atoms with E-state index in [0.717, 1.165) is 9.87 Å². The second-order valence-corrected chi connectivity index (χ2v) is 5.94. The summed E-state index contributed by atoms with van der Waals surface area (Å²) >= 11 is 0. The van der Waals surface area contributed by atoms with Crippen LogP contribution in [0, 0.1) is 11.3 Å². The summed E-state index contributed by atoms with van der Waals surface area (Å²) in [6.07, 6.45) is 0. The Kier molecular flexibility index (Phi) is 6.15. The number of nitrogens with zero attached hydrogens (tertiary/aromatic N) is 2. The molecule has 0 bridgehead atoms. The smallest absolute Gasteiger partial charge is 0.321 e. The molecule has 0 aromatic heterocycles. The number of nitriles is 1. The van der Waals surface area contributed by atoms with Gasteiger partial charge in [-0.1, -0.05) is 30.3 Å². The number of carbonyl (C=O) groups is 1. The maximum Gasteiger partial charge on any atom is 0.321 e. The molecule has 7 heteroatoms. The van der Waals surface area contributed by atoms with Crippen LogP contribution < -0.4 is 0 Å². The molecule has 1 aromatic carbocycles. The monoisotopic (exact) mass is 296 g/mol. The van der Waals surface area contributed by atoms with Crippen LogP contribution in [0.3, 0.4) is 0 Å². The molecule has 0 unspecified atom stereocenters. The number of esters is 1. The number of benzene rings is 1. The third-order valence-corrected chi connectivity index (χ3v) is 3.99. The summed E-state index contributed by atoms with van der Waals surface area (Å²) in [7, 11) is -3.81. The molecule has 0 spiro atoms. The molecule has 0 aliphatic carbocycles. The number of ether oxygens (including phenoxy) is 1. The van der Waals surface area contributed by atoms with Crippen molar-refractivity contribution in [1.29, 1.82) is 5.26 Å². The standard InChI is InChI=1S/C13H16N2O4S/c1-2-19-13(16)11-15(20(17,18)9-8-14)10-12-6-4-3-5-7-12/h3-7H,2,9-11H2,1H3. The summed E-state index contributed by atoms with van der Waals surface area (Å²) in [6, 6.07) is 10.5. The summed E-state index contributed by atoms with van der Waals surface area (Å²) in [5.41, 5.74) is 0.735. The topological polar surface area (TPSA) is 87.5 Å². The molecule has 0 aliphatic rings.